The Bertz CT molecular complexity index is 1540. The SMILES string of the molecule is C[Si](C)(C)c1cc(F)c2ccc3c(-c4cc(C#N)c5ccccc5c4)nccc3c2c1. The fourth-order valence-corrected chi connectivity index (χ4v) is 5.39. The highest BCUT2D eigenvalue weighted by molar-refractivity contribution is 6.88. The van der Waals surface area contributed by atoms with Crippen molar-refractivity contribution in [2.24, 2.45) is 0 Å². The summed E-state index contributed by atoms with van der Waals surface area (Å²) in [5, 5.41) is 16.2. The van der Waals surface area contributed by atoms with Gasteiger partial charge < -0.3 is 0 Å². The van der Waals surface area contributed by atoms with Crippen LogP contribution < -0.4 is 5.19 Å². The second-order valence-electron chi connectivity index (χ2n) is 8.98. The zero-order valence-corrected chi connectivity index (χ0v) is 18.7. The van der Waals surface area contributed by atoms with Crippen LogP contribution in [0.4, 0.5) is 4.39 Å². The van der Waals surface area contributed by atoms with Crippen LogP contribution in [0.1, 0.15) is 5.56 Å². The Kier molecular flexibility index (Phi) is 4.39. The van der Waals surface area contributed by atoms with Crippen molar-refractivity contribution in [1.29, 1.82) is 5.26 Å². The van der Waals surface area contributed by atoms with Crippen LogP contribution in [0.15, 0.2) is 72.9 Å². The van der Waals surface area contributed by atoms with Crippen molar-refractivity contribution in [2.75, 3.05) is 0 Å². The third kappa shape index (κ3) is 3.18. The molecule has 0 unspecified atom stereocenters. The fourth-order valence-electron chi connectivity index (χ4n) is 4.26. The summed E-state index contributed by atoms with van der Waals surface area (Å²) in [6.45, 7) is 6.68. The largest absolute Gasteiger partial charge is 0.256 e. The van der Waals surface area contributed by atoms with E-state index in [2.05, 4.69) is 42.8 Å². The first kappa shape index (κ1) is 19.4. The van der Waals surface area contributed by atoms with Crippen LogP contribution in [-0.2, 0) is 0 Å². The lowest BCUT2D eigenvalue weighted by atomic mass is 9.95. The molecule has 0 N–H and O–H groups in total. The van der Waals surface area contributed by atoms with Gasteiger partial charge in [-0.3, -0.25) is 4.98 Å². The van der Waals surface area contributed by atoms with Gasteiger partial charge in [0.15, 0.2) is 0 Å². The van der Waals surface area contributed by atoms with Gasteiger partial charge in [-0.15, -0.1) is 0 Å². The molecule has 1 aromatic heterocycles. The third-order valence-electron chi connectivity index (χ3n) is 5.95. The maximum atomic E-state index is 15.0. The Morgan fingerprint density at radius 1 is 0.806 bits per heavy atom. The topological polar surface area (TPSA) is 36.7 Å². The lowest BCUT2D eigenvalue weighted by molar-refractivity contribution is 0.641. The molecule has 0 aliphatic rings. The maximum absolute atomic E-state index is 15.0. The first-order chi connectivity index (χ1) is 14.9. The van der Waals surface area contributed by atoms with E-state index in [4.69, 9.17) is 0 Å². The average Bonchev–Trinajstić information content (AvgIpc) is 2.77. The summed E-state index contributed by atoms with van der Waals surface area (Å²) < 4.78 is 15.0. The molecule has 0 fully saturated rings. The molecule has 0 aliphatic heterocycles. The van der Waals surface area contributed by atoms with Crippen LogP contribution in [0.25, 0.3) is 43.6 Å². The van der Waals surface area contributed by atoms with Crippen LogP contribution in [0.2, 0.25) is 19.6 Å². The Labute approximate surface area is 181 Å². The van der Waals surface area contributed by atoms with Gasteiger partial charge in [0, 0.05) is 22.5 Å². The summed E-state index contributed by atoms with van der Waals surface area (Å²) in [7, 11) is -1.68. The summed E-state index contributed by atoms with van der Waals surface area (Å²) in [6.07, 6.45) is 1.78. The van der Waals surface area contributed by atoms with E-state index in [1.54, 1.807) is 12.3 Å². The predicted octanol–water partition coefficient (Wildman–Crippen LogP) is 6.76. The second-order valence-corrected chi connectivity index (χ2v) is 14.1. The minimum absolute atomic E-state index is 0.173. The van der Waals surface area contributed by atoms with E-state index in [9.17, 15) is 9.65 Å². The zero-order valence-electron chi connectivity index (χ0n) is 17.7. The van der Waals surface area contributed by atoms with Gasteiger partial charge in [-0.05, 0) is 45.8 Å². The number of hydrogen-bond donors (Lipinski definition) is 0. The van der Waals surface area contributed by atoms with E-state index in [1.165, 1.54) is 0 Å². The molecule has 0 saturated carbocycles. The van der Waals surface area contributed by atoms with Crippen molar-refractivity contribution in [3.8, 4) is 17.3 Å². The van der Waals surface area contributed by atoms with Crippen LogP contribution >= 0.6 is 0 Å². The van der Waals surface area contributed by atoms with Gasteiger partial charge >= 0.3 is 0 Å². The molecule has 0 radical (unpaired) electrons. The first-order valence-electron chi connectivity index (χ1n) is 10.3. The van der Waals surface area contributed by atoms with Gasteiger partial charge in [-0.2, -0.15) is 5.26 Å². The van der Waals surface area contributed by atoms with E-state index in [0.717, 1.165) is 43.4 Å². The van der Waals surface area contributed by atoms with Gasteiger partial charge in [0.05, 0.1) is 25.4 Å². The smallest absolute Gasteiger partial charge is 0.130 e. The summed E-state index contributed by atoms with van der Waals surface area (Å²) in [4.78, 5) is 4.67. The molecule has 0 bridgehead atoms. The number of nitriles is 1. The van der Waals surface area contributed by atoms with E-state index in [-0.39, 0.29) is 5.82 Å². The maximum Gasteiger partial charge on any atom is 0.130 e. The van der Waals surface area contributed by atoms with Gasteiger partial charge in [-0.1, -0.05) is 67.3 Å². The molecular formula is C27H21FN2Si. The molecule has 0 amide bonds. The normalized spacial score (nSPS) is 11.8. The van der Waals surface area contributed by atoms with E-state index in [1.807, 2.05) is 48.5 Å². The molecule has 5 aromatic rings. The van der Waals surface area contributed by atoms with Gasteiger partial charge in [0.1, 0.15) is 5.82 Å². The monoisotopic (exact) mass is 420 g/mol. The number of rotatable bonds is 2. The molecule has 1 heterocycles. The predicted molar refractivity (Wildman–Crippen MR) is 130 cm³/mol. The lowest BCUT2D eigenvalue weighted by Crippen LogP contribution is -2.37. The number of fused-ring (bicyclic) bond motifs is 4. The van der Waals surface area contributed by atoms with Crippen molar-refractivity contribution < 1.29 is 4.39 Å². The summed E-state index contributed by atoms with van der Waals surface area (Å²) >= 11 is 0. The van der Waals surface area contributed by atoms with E-state index < -0.39 is 8.07 Å². The quantitative estimate of drug-likeness (QED) is 0.233. The molecule has 4 heteroatoms. The minimum atomic E-state index is -1.68. The lowest BCUT2D eigenvalue weighted by Gasteiger charge is -2.18. The Hall–Kier alpha value is -3.55. The number of halogens is 1. The number of nitrogens with zero attached hydrogens (tertiary/aromatic N) is 2. The van der Waals surface area contributed by atoms with Crippen LogP contribution in [0.5, 0.6) is 0 Å². The van der Waals surface area contributed by atoms with Crippen LogP contribution in [-0.4, -0.2) is 13.1 Å². The number of benzene rings is 4. The molecular weight excluding hydrogens is 399 g/mol. The fraction of sp³-hybridized carbons (Fsp3) is 0.111. The molecule has 0 aliphatic carbocycles. The number of aromatic nitrogens is 1. The molecule has 0 atom stereocenters. The molecule has 2 nitrogen and oxygen atoms in total. The first-order valence-corrected chi connectivity index (χ1v) is 13.8. The van der Waals surface area contributed by atoms with Crippen molar-refractivity contribution in [1.82, 2.24) is 4.98 Å². The van der Waals surface area contributed by atoms with Gasteiger partial charge in [0.25, 0.3) is 0 Å². The second kappa shape index (κ2) is 7.00. The molecule has 150 valence electrons. The highest BCUT2D eigenvalue weighted by Gasteiger charge is 2.20. The third-order valence-corrected chi connectivity index (χ3v) is 7.97. The summed E-state index contributed by atoms with van der Waals surface area (Å²) in [6, 6.07) is 23.8. The van der Waals surface area contributed by atoms with Crippen LogP contribution in [0.3, 0.4) is 0 Å². The van der Waals surface area contributed by atoms with Crippen molar-refractivity contribution in [3.05, 3.63) is 84.3 Å². The minimum Gasteiger partial charge on any atom is -0.256 e. The highest BCUT2D eigenvalue weighted by atomic mass is 28.3. The summed E-state index contributed by atoms with van der Waals surface area (Å²) in [5.41, 5.74) is 2.32. The number of pyridine rings is 1. The number of hydrogen-bond acceptors (Lipinski definition) is 2. The molecule has 5 rings (SSSR count). The molecule has 0 spiro atoms. The van der Waals surface area contributed by atoms with Gasteiger partial charge in [-0.25, -0.2) is 4.39 Å². The highest BCUT2D eigenvalue weighted by Crippen LogP contribution is 2.34. The Morgan fingerprint density at radius 3 is 2.35 bits per heavy atom. The van der Waals surface area contributed by atoms with Crippen molar-refractivity contribution in [2.45, 2.75) is 19.6 Å². The van der Waals surface area contributed by atoms with Gasteiger partial charge in [0.2, 0.25) is 0 Å². The van der Waals surface area contributed by atoms with Crippen molar-refractivity contribution >= 4 is 45.6 Å². The molecule has 4 aromatic carbocycles. The van der Waals surface area contributed by atoms with Crippen molar-refractivity contribution in [3.63, 3.8) is 0 Å². The molecule has 31 heavy (non-hydrogen) atoms. The zero-order chi connectivity index (χ0) is 21.8. The van der Waals surface area contributed by atoms with E-state index in [0.29, 0.717) is 10.9 Å². The molecule has 0 saturated heterocycles. The van der Waals surface area contributed by atoms with Crippen LogP contribution in [0, 0.1) is 17.1 Å². The Morgan fingerprint density at radius 2 is 1.58 bits per heavy atom. The summed E-state index contributed by atoms with van der Waals surface area (Å²) in [5.74, 6) is -0.173. The standard InChI is InChI=1S/C27H21FN2Si/c1-31(2,3)20-14-25-22-10-11-30-27(24(22)9-8-23(25)26(28)15-20)18-12-17-6-4-5-7-21(17)19(13-18)16-29/h4-15H,1-3H3. The average molecular weight is 421 g/mol. The van der Waals surface area contributed by atoms with E-state index >= 15 is 0 Å². The Balaban J connectivity index is 1.84.